The summed E-state index contributed by atoms with van der Waals surface area (Å²) in [4.78, 5) is 24.7. The van der Waals surface area contributed by atoms with Gasteiger partial charge in [-0.15, -0.1) is 0 Å². The Hall–Kier alpha value is -2.13. The summed E-state index contributed by atoms with van der Waals surface area (Å²) >= 11 is 0. The van der Waals surface area contributed by atoms with Crippen LogP contribution in [0.4, 0.5) is 4.79 Å². The van der Waals surface area contributed by atoms with Crippen LogP contribution in [0.2, 0.25) is 0 Å². The van der Waals surface area contributed by atoms with Crippen LogP contribution in [0.1, 0.15) is 32.3 Å². The first-order valence-corrected chi connectivity index (χ1v) is 11.2. The summed E-state index contributed by atoms with van der Waals surface area (Å²) in [6, 6.07) is 8.45. The zero-order valence-electron chi connectivity index (χ0n) is 16.6. The Bertz CT molecular complexity index is 759. The van der Waals surface area contributed by atoms with Crippen molar-refractivity contribution in [3.63, 3.8) is 0 Å². The van der Waals surface area contributed by atoms with Gasteiger partial charge in [0.15, 0.2) is 0 Å². The molecule has 156 valence electrons. The highest BCUT2D eigenvalue weighted by Gasteiger charge is 2.30. The van der Waals surface area contributed by atoms with E-state index in [9.17, 15) is 18.0 Å². The first-order valence-electron chi connectivity index (χ1n) is 9.39. The molecule has 0 aromatic heterocycles. The topological polar surface area (TPSA) is 105 Å². The number of nitrogens with one attached hydrogen (secondary N) is 2. The van der Waals surface area contributed by atoms with Crippen molar-refractivity contribution in [1.29, 1.82) is 0 Å². The average molecular weight is 412 g/mol. The number of benzene rings is 1. The van der Waals surface area contributed by atoms with Gasteiger partial charge in [0.1, 0.15) is 12.6 Å². The summed E-state index contributed by atoms with van der Waals surface area (Å²) in [6.07, 6.45) is 1.63. The number of carbonyl (C=O) groups is 2. The highest BCUT2D eigenvalue weighted by atomic mass is 32.2. The lowest BCUT2D eigenvalue weighted by Crippen LogP contribution is -2.54. The molecule has 0 unspecified atom stereocenters. The lowest BCUT2D eigenvalue weighted by molar-refractivity contribution is -0.125. The third kappa shape index (κ3) is 6.79. The quantitative estimate of drug-likeness (QED) is 0.707. The number of carbonyl (C=O) groups excluding carboxylic acids is 2. The zero-order valence-corrected chi connectivity index (χ0v) is 17.4. The third-order valence-corrected chi connectivity index (χ3v) is 6.01. The van der Waals surface area contributed by atoms with Gasteiger partial charge in [-0.25, -0.2) is 17.5 Å². The summed E-state index contributed by atoms with van der Waals surface area (Å²) in [5.41, 5.74) is 0.862. The molecule has 1 aromatic carbocycles. The zero-order chi connectivity index (χ0) is 20.7. The second kappa shape index (κ2) is 9.88. The van der Waals surface area contributed by atoms with Crippen LogP contribution in [-0.2, 0) is 26.2 Å². The van der Waals surface area contributed by atoms with Crippen molar-refractivity contribution in [2.45, 2.75) is 45.4 Å². The van der Waals surface area contributed by atoms with Gasteiger partial charge in [0, 0.05) is 19.1 Å². The van der Waals surface area contributed by atoms with Crippen LogP contribution in [0, 0.1) is 5.92 Å². The fraction of sp³-hybridized carbons (Fsp3) is 0.579. The fourth-order valence-electron chi connectivity index (χ4n) is 3.05. The number of hydrogen-bond acceptors (Lipinski definition) is 5. The van der Waals surface area contributed by atoms with Crippen molar-refractivity contribution < 1.29 is 22.7 Å². The van der Waals surface area contributed by atoms with Crippen LogP contribution in [0.5, 0.6) is 0 Å². The highest BCUT2D eigenvalue weighted by Crippen LogP contribution is 2.14. The van der Waals surface area contributed by atoms with Gasteiger partial charge < -0.3 is 15.4 Å². The van der Waals surface area contributed by atoms with Gasteiger partial charge in [-0.1, -0.05) is 44.2 Å². The van der Waals surface area contributed by atoms with Crippen LogP contribution >= 0.6 is 0 Å². The molecule has 0 radical (unpaired) electrons. The van der Waals surface area contributed by atoms with Gasteiger partial charge in [0.2, 0.25) is 15.9 Å². The molecule has 2 N–H and O–H groups in total. The van der Waals surface area contributed by atoms with Gasteiger partial charge in [0.05, 0.1) is 6.26 Å². The minimum atomic E-state index is -3.21. The number of alkyl carbamates (subject to hydrolysis) is 1. The third-order valence-electron chi connectivity index (χ3n) is 4.70. The summed E-state index contributed by atoms with van der Waals surface area (Å²) in [6.45, 7) is 4.57. The van der Waals surface area contributed by atoms with Gasteiger partial charge in [-0.05, 0) is 24.3 Å². The van der Waals surface area contributed by atoms with Crippen LogP contribution in [0.15, 0.2) is 30.3 Å². The number of ether oxygens (including phenoxy) is 1. The van der Waals surface area contributed by atoms with Crippen LogP contribution in [0.3, 0.4) is 0 Å². The van der Waals surface area contributed by atoms with E-state index in [1.807, 2.05) is 44.2 Å². The van der Waals surface area contributed by atoms with E-state index in [0.29, 0.717) is 25.9 Å². The number of piperidine rings is 1. The fourth-order valence-corrected chi connectivity index (χ4v) is 3.92. The van der Waals surface area contributed by atoms with Crippen LogP contribution in [0.25, 0.3) is 0 Å². The minimum absolute atomic E-state index is 0.117. The summed E-state index contributed by atoms with van der Waals surface area (Å²) in [5.74, 6) is -0.412. The van der Waals surface area contributed by atoms with E-state index in [4.69, 9.17) is 4.74 Å². The maximum Gasteiger partial charge on any atom is 0.408 e. The molecule has 9 heteroatoms. The molecule has 0 aliphatic carbocycles. The van der Waals surface area contributed by atoms with E-state index >= 15 is 0 Å². The number of sulfonamides is 1. The SMILES string of the molecule is CC(C)[C@H](NC(=O)OCc1ccccc1)C(=O)NC1CCN(S(C)(=O)=O)CC1. The van der Waals surface area contributed by atoms with Crippen LogP contribution in [-0.4, -0.2) is 56.2 Å². The summed E-state index contributed by atoms with van der Waals surface area (Å²) < 4.78 is 29.8. The molecule has 1 heterocycles. The molecule has 1 saturated heterocycles. The molecular weight excluding hydrogens is 382 g/mol. The van der Waals surface area contributed by atoms with E-state index in [2.05, 4.69) is 10.6 Å². The first kappa shape index (κ1) is 22.2. The van der Waals surface area contributed by atoms with Gasteiger partial charge in [-0.2, -0.15) is 0 Å². The van der Waals surface area contributed by atoms with E-state index in [-0.39, 0.29) is 24.5 Å². The molecule has 0 spiro atoms. The normalized spacial score (nSPS) is 17.1. The Balaban J connectivity index is 1.83. The van der Waals surface area contributed by atoms with E-state index in [0.717, 1.165) is 5.56 Å². The lowest BCUT2D eigenvalue weighted by atomic mass is 10.0. The van der Waals surface area contributed by atoms with Crippen molar-refractivity contribution in [3.8, 4) is 0 Å². The average Bonchev–Trinajstić information content (AvgIpc) is 2.64. The monoisotopic (exact) mass is 411 g/mol. The molecule has 2 rings (SSSR count). The predicted octanol–water partition coefficient (Wildman–Crippen LogP) is 1.48. The van der Waals surface area contributed by atoms with Crippen molar-refractivity contribution >= 4 is 22.0 Å². The first-order chi connectivity index (χ1) is 13.2. The molecular formula is C19H29N3O5S. The Kier molecular flexibility index (Phi) is 7.82. The number of rotatable bonds is 7. The molecule has 1 fully saturated rings. The maximum atomic E-state index is 12.6. The Morgan fingerprint density at radius 1 is 1.18 bits per heavy atom. The van der Waals surface area contributed by atoms with Gasteiger partial charge >= 0.3 is 6.09 Å². The lowest BCUT2D eigenvalue weighted by Gasteiger charge is -2.32. The molecule has 0 saturated carbocycles. The molecule has 8 nitrogen and oxygen atoms in total. The molecule has 0 bridgehead atoms. The standard InChI is InChI=1S/C19H29N3O5S/c1-14(2)17(21-19(24)27-13-15-7-5-4-6-8-15)18(23)20-16-9-11-22(12-10-16)28(3,25)26/h4-8,14,16-17H,9-13H2,1-3H3,(H,20,23)(H,21,24)/t17-/m0/s1. The Morgan fingerprint density at radius 3 is 2.32 bits per heavy atom. The van der Waals surface area contributed by atoms with Crippen molar-refractivity contribution in [2.24, 2.45) is 5.92 Å². The second-order valence-electron chi connectivity index (χ2n) is 7.37. The smallest absolute Gasteiger partial charge is 0.408 e. The molecule has 1 aliphatic heterocycles. The molecule has 1 aliphatic rings. The molecule has 1 atom stereocenters. The number of amides is 2. The van der Waals surface area contributed by atoms with Crippen LogP contribution < -0.4 is 10.6 Å². The number of nitrogens with zero attached hydrogens (tertiary/aromatic N) is 1. The molecule has 2 amide bonds. The Morgan fingerprint density at radius 2 is 1.79 bits per heavy atom. The Labute approximate surface area is 166 Å². The van der Waals surface area contributed by atoms with Crippen molar-refractivity contribution in [1.82, 2.24) is 14.9 Å². The molecule has 1 aromatic rings. The highest BCUT2D eigenvalue weighted by molar-refractivity contribution is 7.88. The summed E-state index contributed by atoms with van der Waals surface area (Å²) in [5, 5.41) is 5.55. The number of hydrogen-bond donors (Lipinski definition) is 2. The van der Waals surface area contributed by atoms with E-state index < -0.39 is 22.2 Å². The van der Waals surface area contributed by atoms with Crippen molar-refractivity contribution in [3.05, 3.63) is 35.9 Å². The predicted molar refractivity (Wildman–Crippen MR) is 106 cm³/mol. The van der Waals surface area contributed by atoms with Gasteiger partial charge in [0.25, 0.3) is 0 Å². The van der Waals surface area contributed by atoms with E-state index in [1.165, 1.54) is 10.6 Å². The minimum Gasteiger partial charge on any atom is -0.445 e. The van der Waals surface area contributed by atoms with Gasteiger partial charge in [-0.3, -0.25) is 4.79 Å². The van der Waals surface area contributed by atoms with E-state index in [1.54, 1.807) is 0 Å². The summed E-state index contributed by atoms with van der Waals surface area (Å²) in [7, 11) is -3.21. The molecule has 28 heavy (non-hydrogen) atoms. The largest absolute Gasteiger partial charge is 0.445 e. The maximum absolute atomic E-state index is 12.6. The van der Waals surface area contributed by atoms with Crippen molar-refractivity contribution in [2.75, 3.05) is 19.3 Å². The second-order valence-corrected chi connectivity index (χ2v) is 9.36.